The molecule has 8 nitrogen and oxygen atoms in total. The third-order valence-corrected chi connectivity index (χ3v) is 4.76. The Balaban J connectivity index is 1.54. The lowest BCUT2D eigenvalue weighted by Gasteiger charge is -2.18. The van der Waals surface area contributed by atoms with E-state index in [0.717, 1.165) is 0 Å². The molecule has 1 atom stereocenters. The van der Waals surface area contributed by atoms with E-state index < -0.39 is 5.92 Å². The molecular weight excluding hydrogens is 362 g/mol. The van der Waals surface area contributed by atoms with Crippen LogP contribution in [0.1, 0.15) is 6.42 Å². The summed E-state index contributed by atoms with van der Waals surface area (Å²) < 4.78 is 9.94. The molecule has 2 aliphatic rings. The zero-order valence-corrected chi connectivity index (χ0v) is 15.1. The maximum atomic E-state index is 12.3. The lowest BCUT2D eigenvalue weighted by Crippen LogP contribution is -2.38. The summed E-state index contributed by atoms with van der Waals surface area (Å²) in [5.74, 6) is -0.242. The first-order chi connectivity index (χ1) is 12.5. The van der Waals surface area contributed by atoms with E-state index >= 15 is 0 Å². The van der Waals surface area contributed by atoms with Crippen LogP contribution in [0.2, 0.25) is 5.02 Å². The normalized spacial score (nSPS) is 19.7. The zero-order valence-electron chi connectivity index (χ0n) is 14.4. The summed E-state index contributed by atoms with van der Waals surface area (Å²) in [5.41, 5.74) is 0.635. The quantitative estimate of drug-likeness (QED) is 0.801. The number of cyclic esters (lactones) is 1. The first-order valence-corrected chi connectivity index (χ1v) is 8.70. The Morgan fingerprint density at radius 2 is 2.23 bits per heavy atom. The predicted molar refractivity (Wildman–Crippen MR) is 94.4 cm³/mol. The van der Waals surface area contributed by atoms with Gasteiger partial charge in [-0.3, -0.25) is 9.59 Å². The highest BCUT2D eigenvalue weighted by Gasteiger charge is 2.35. The van der Waals surface area contributed by atoms with Crippen molar-refractivity contribution in [2.24, 2.45) is 5.92 Å². The number of halogens is 1. The molecule has 1 N–H and O–H groups in total. The molecule has 1 aromatic carbocycles. The lowest BCUT2D eigenvalue weighted by atomic mass is 10.1. The van der Waals surface area contributed by atoms with Gasteiger partial charge < -0.3 is 24.6 Å². The molecule has 0 radical (unpaired) electrons. The fraction of sp³-hybridized carbons (Fsp3) is 0.471. The van der Waals surface area contributed by atoms with Crippen molar-refractivity contribution >= 4 is 35.2 Å². The van der Waals surface area contributed by atoms with Crippen LogP contribution in [0.25, 0.3) is 0 Å². The van der Waals surface area contributed by atoms with Crippen LogP contribution in [0.15, 0.2) is 18.2 Å². The third kappa shape index (κ3) is 3.85. The van der Waals surface area contributed by atoms with Gasteiger partial charge >= 0.3 is 6.09 Å². The minimum absolute atomic E-state index is 0.130. The van der Waals surface area contributed by atoms with E-state index in [1.54, 1.807) is 23.1 Å². The molecule has 0 aliphatic carbocycles. The first kappa shape index (κ1) is 18.3. The molecule has 0 bridgehead atoms. The van der Waals surface area contributed by atoms with E-state index in [0.29, 0.717) is 49.2 Å². The number of ether oxygens (including phenoxy) is 2. The van der Waals surface area contributed by atoms with Crippen molar-refractivity contribution in [1.29, 1.82) is 0 Å². The van der Waals surface area contributed by atoms with Crippen LogP contribution in [0.3, 0.4) is 0 Å². The Labute approximate surface area is 156 Å². The molecule has 0 saturated carbocycles. The van der Waals surface area contributed by atoms with Crippen molar-refractivity contribution in [3.05, 3.63) is 23.2 Å². The molecule has 3 amide bonds. The number of hydrogen-bond donors (Lipinski definition) is 1. The second-order valence-electron chi connectivity index (χ2n) is 6.12. The number of rotatable bonds is 6. The second kappa shape index (κ2) is 7.82. The number of methoxy groups -OCH3 is 1. The van der Waals surface area contributed by atoms with Gasteiger partial charge in [0.15, 0.2) is 0 Å². The van der Waals surface area contributed by atoms with E-state index in [4.69, 9.17) is 21.1 Å². The van der Waals surface area contributed by atoms with Gasteiger partial charge in [-0.1, -0.05) is 11.6 Å². The van der Waals surface area contributed by atoms with Gasteiger partial charge in [-0.2, -0.15) is 0 Å². The minimum Gasteiger partial charge on any atom is -0.495 e. The molecule has 2 fully saturated rings. The standard InChI is InChI=1S/C17H20ClN3O5/c1-25-14-3-2-12(9-13(14)18)21-10-11(8-15(21)22)16(23)19-4-5-20-6-7-26-17(20)24/h2-3,9,11H,4-8,10H2,1H3,(H,19,23)/t11-/m0/s1. The summed E-state index contributed by atoms with van der Waals surface area (Å²) in [6, 6.07) is 5.08. The van der Waals surface area contributed by atoms with Crippen molar-refractivity contribution in [3.63, 3.8) is 0 Å². The van der Waals surface area contributed by atoms with Gasteiger partial charge in [0.2, 0.25) is 11.8 Å². The van der Waals surface area contributed by atoms with E-state index in [-0.39, 0.29) is 24.3 Å². The topological polar surface area (TPSA) is 88.2 Å². The van der Waals surface area contributed by atoms with Gasteiger partial charge in [-0.05, 0) is 18.2 Å². The molecule has 0 unspecified atom stereocenters. The van der Waals surface area contributed by atoms with Crippen LogP contribution < -0.4 is 15.0 Å². The molecule has 3 rings (SSSR count). The highest BCUT2D eigenvalue weighted by molar-refractivity contribution is 6.32. The van der Waals surface area contributed by atoms with Gasteiger partial charge in [-0.25, -0.2) is 4.79 Å². The van der Waals surface area contributed by atoms with Crippen molar-refractivity contribution < 1.29 is 23.9 Å². The van der Waals surface area contributed by atoms with Crippen molar-refractivity contribution in [2.45, 2.75) is 6.42 Å². The summed E-state index contributed by atoms with van der Waals surface area (Å²) >= 11 is 6.11. The summed E-state index contributed by atoms with van der Waals surface area (Å²) in [7, 11) is 1.52. The molecule has 2 aliphatic heterocycles. The average Bonchev–Trinajstić information content (AvgIpc) is 3.20. The molecule has 1 aromatic rings. The smallest absolute Gasteiger partial charge is 0.409 e. The molecule has 0 aromatic heterocycles. The minimum atomic E-state index is -0.436. The number of carbonyl (C=O) groups excluding carboxylic acids is 3. The molecule has 2 heterocycles. The number of hydrogen-bond acceptors (Lipinski definition) is 5. The Hall–Kier alpha value is -2.48. The number of nitrogens with zero attached hydrogens (tertiary/aromatic N) is 2. The van der Waals surface area contributed by atoms with Crippen molar-refractivity contribution in [3.8, 4) is 5.75 Å². The van der Waals surface area contributed by atoms with Gasteiger partial charge in [0.05, 0.1) is 24.6 Å². The van der Waals surface area contributed by atoms with E-state index in [1.165, 1.54) is 12.0 Å². The largest absolute Gasteiger partial charge is 0.495 e. The monoisotopic (exact) mass is 381 g/mol. The van der Waals surface area contributed by atoms with Gasteiger partial charge in [0.1, 0.15) is 12.4 Å². The average molecular weight is 382 g/mol. The number of benzene rings is 1. The van der Waals surface area contributed by atoms with Crippen LogP contribution in [0.5, 0.6) is 5.75 Å². The van der Waals surface area contributed by atoms with Crippen LogP contribution in [-0.2, 0) is 14.3 Å². The van der Waals surface area contributed by atoms with E-state index in [2.05, 4.69) is 5.32 Å². The molecule has 0 spiro atoms. The highest BCUT2D eigenvalue weighted by Crippen LogP contribution is 2.32. The fourth-order valence-corrected chi connectivity index (χ4v) is 3.30. The summed E-state index contributed by atoms with van der Waals surface area (Å²) in [5, 5.41) is 3.19. The van der Waals surface area contributed by atoms with Crippen LogP contribution in [0, 0.1) is 5.92 Å². The lowest BCUT2D eigenvalue weighted by molar-refractivity contribution is -0.126. The number of amides is 3. The summed E-state index contributed by atoms with van der Waals surface area (Å²) in [4.78, 5) is 39.0. The number of anilines is 1. The Morgan fingerprint density at radius 1 is 1.42 bits per heavy atom. The van der Waals surface area contributed by atoms with Gasteiger partial charge in [-0.15, -0.1) is 0 Å². The predicted octanol–water partition coefficient (Wildman–Crippen LogP) is 1.27. The Kier molecular flexibility index (Phi) is 5.51. The van der Waals surface area contributed by atoms with E-state index in [1.807, 2.05) is 0 Å². The molecular formula is C17H20ClN3O5. The molecule has 26 heavy (non-hydrogen) atoms. The van der Waals surface area contributed by atoms with Crippen LogP contribution in [-0.4, -0.2) is 62.7 Å². The zero-order chi connectivity index (χ0) is 18.7. The summed E-state index contributed by atoms with van der Waals surface area (Å²) in [6.45, 7) is 1.92. The van der Waals surface area contributed by atoms with Crippen molar-refractivity contribution in [1.82, 2.24) is 10.2 Å². The fourth-order valence-electron chi connectivity index (χ4n) is 3.04. The Bertz CT molecular complexity index is 726. The number of nitrogens with one attached hydrogen (secondary N) is 1. The van der Waals surface area contributed by atoms with Crippen LogP contribution >= 0.6 is 11.6 Å². The van der Waals surface area contributed by atoms with Gasteiger partial charge in [0.25, 0.3) is 0 Å². The molecule has 140 valence electrons. The second-order valence-corrected chi connectivity index (χ2v) is 6.52. The third-order valence-electron chi connectivity index (χ3n) is 4.47. The number of carbonyl (C=O) groups is 3. The molecule has 2 saturated heterocycles. The maximum Gasteiger partial charge on any atom is 0.409 e. The highest BCUT2D eigenvalue weighted by atomic mass is 35.5. The molecule has 9 heteroatoms. The SMILES string of the molecule is COc1ccc(N2C[C@@H](C(=O)NCCN3CCOC3=O)CC2=O)cc1Cl. The van der Waals surface area contributed by atoms with E-state index in [9.17, 15) is 14.4 Å². The van der Waals surface area contributed by atoms with Crippen LogP contribution in [0.4, 0.5) is 10.5 Å². The van der Waals surface area contributed by atoms with Crippen molar-refractivity contribution in [2.75, 3.05) is 44.8 Å². The Morgan fingerprint density at radius 3 is 2.88 bits per heavy atom. The first-order valence-electron chi connectivity index (χ1n) is 8.33. The maximum absolute atomic E-state index is 12.3. The summed E-state index contributed by atoms with van der Waals surface area (Å²) in [6.07, 6.45) is -0.223. The van der Waals surface area contributed by atoms with Gasteiger partial charge in [0, 0.05) is 31.7 Å².